The quantitative estimate of drug-likeness (QED) is 0.391. The summed E-state index contributed by atoms with van der Waals surface area (Å²) in [5, 5.41) is 5.61. The van der Waals surface area contributed by atoms with Gasteiger partial charge in [-0.2, -0.15) is 0 Å². The van der Waals surface area contributed by atoms with Crippen LogP contribution in [-0.2, 0) is 9.59 Å². The third-order valence-electron chi connectivity index (χ3n) is 4.81. The molecule has 0 aliphatic heterocycles. The first-order chi connectivity index (χ1) is 15.2. The number of thioether (sulfide) groups is 1. The fraction of sp³-hybridized carbons (Fsp3) is 0.259. The molecule has 0 spiro atoms. The van der Waals surface area contributed by atoms with Crippen LogP contribution in [0, 0.1) is 12.3 Å². The lowest BCUT2D eigenvalue weighted by Gasteiger charge is -2.19. The van der Waals surface area contributed by atoms with Crippen molar-refractivity contribution in [1.82, 2.24) is 0 Å². The molecule has 0 saturated carbocycles. The van der Waals surface area contributed by atoms with Gasteiger partial charge in [0.2, 0.25) is 11.8 Å². The van der Waals surface area contributed by atoms with Gasteiger partial charge in [0.1, 0.15) is 5.25 Å². The molecule has 0 heterocycles. The van der Waals surface area contributed by atoms with Gasteiger partial charge >= 0.3 is 0 Å². The highest BCUT2D eigenvalue weighted by Crippen LogP contribution is 2.37. The van der Waals surface area contributed by atoms with Crippen LogP contribution in [0.2, 0.25) is 0 Å². The number of amides is 2. The number of para-hydroxylation sites is 1. The molecule has 0 fully saturated rings. The van der Waals surface area contributed by atoms with Crippen LogP contribution in [0.25, 0.3) is 0 Å². The molecule has 5 heteroatoms. The summed E-state index contributed by atoms with van der Waals surface area (Å²) in [6, 6.07) is 25.1. The summed E-state index contributed by atoms with van der Waals surface area (Å²) in [7, 11) is 0. The van der Waals surface area contributed by atoms with Crippen LogP contribution in [0.4, 0.5) is 11.4 Å². The van der Waals surface area contributed by atoms with Crippen LogP contribution in [0.1, 0.15) is 43.6 Å². The Morgan fingerprint density at radius 3 is 2.25 bits per heavy atom. The Labute approximate surface area is 194 Å². The SMILES string of the molecule is Cc1ccccc1NC(=O)C(Sc1cccc(NC(=O)CC(C)(C)C)c1)c1ccccc1. The van der Waals surface area contributed by atoms with E-state index in [0.29, 0.717) is 6.42 Å². The first kappa shape index (κ1) is 23.6. The van der Waals surface area contributed by atoms with Crippen molar-refractivity contribution < 1.29 is 9.59 Å². The average Bonchev–Trinajstić information content (AvgIpc) is 2.73. The fourth-order valence-electron chi connectivity index (χ4n) is 3.28. The average molecular weight is 447 g/mol. The van der Waals surface area contributed by atoms with E-state index in [4.69, 9.17) is 0 Å². The minimum atomic E-state index is -0.434. The van der Waals surface area contributed by atoms with E-state index in [1.54, 1.807) is 0 Å². The second-order valence-corrected chi connectivity index (χ2v) is 10.2. The maximum absolute atomic E-state index is 13.3. The van der Waals surface area contributed by atoms with Crippen LogP contribution in [-0.4, -0.2) is 11.8 Å². The lowest BCUT2D eigenvalue weighted by molar-refractivity contribution is -0.118. The van der Waals surface area contributed by atoms with E-state index in [1.165, 1.54) is 11.8 Å². The van der Waals surface area contributed by atoms with Crippen molar-refractivity contribution in [2.45, 2.75) is 44.3 Å². The highest BCUT2D eigenvalue weighted by atomic mass is 32.2. The standard InChI is InChI=1S/C27H30N2O2S/c1-19-11-8-9-16-23(19)29-26(31)25(20-12-6-5-7-13-20)32-22-15-10-14-21(17-22)28-24(30)18-27(2,3)4/h5-17,25H,18H2,1-4H3,(H,28,30)(H,29,31). The van der Waals surface area contributed by atoms with Crippen LogP contribution in [0.15, 0.2) is 83.8 Å². The van der Waals surface area contributed by atoms with E-state index in [-0.39, 0.29) is 17.2 Å². The molecule has 2 N–H and O–H groups in total. The Balaban J connectivity index is 1.80. The number of anilines is 2. The summed E-state index contributed by atoms with van der Waals surface area (Å²) in [6.07, 6.45) is 0.440. The Kier molecular flexibility index (Phi) is 7.75. The number of hydrogen-bond acceptors (Lipinski definition) is 3. The van der Waals surface area contributed by atoms with E-state index in [0.717, 1.165) is 27.4 Å². The van der Waals surface area contributed by atoms with Gasteiger partial charge in [0.15, 0.2) is 0 Å². The van der Waals surface area contributed by atoms with Gasteiger partial charge < -0.3 is 10.6 Å². The summed E-state index contributed by atoms with van der Waals surface area (Å²) in [4.78, 5) is 26.5. The summed E-state index contributed by atoms with van der Waals surface area (Å²) < 4.78 is 0. The normalized spacial score (nSPS) is 12.1. The van der Waals surface area contributed by atoms with Crippen molar-refractivity contribution in [2.75, 3.05) is 10.6 Å². The smallest absolute Gasteiger partial charge is 0.242 e. The maximum atomic E-state index is 13.3. The van der Waals surface area contributed by atoms with Gasteiger partial charge in [0.25, 0.3) is 0 Å². The summed E-state index contributed by atoms with van der Waals surface area (Å²) >= 11 is 1.47. The van der Waals surface area contributed by atoms with Crippen molar-refractivity contribution in [1.29, 1.82) is 0 Å². The highest BCUT2D eigenvalue weighted by molar-refractivity contribution is 8.00. The predicted octanol–water partition coefficient (Wildman–Crippen LogP) is 6.84. The van der Waals surface area contributed by atoms with E-state index in [1.807, 2.05) is 107 Å². The van der Waals surface area contributed by atoms with Crippen molar-refractivity contribution in [3.63, 3.8) is 0 Å². The molecule has 0 aromatic heterocycles. The molecule has 3 rings (SSSR count). The molecular weight excluding hydrogens is 416 g/mol. The molecular formula is C27H30N2O2S. The monoisotopic (exact) mass is 446 g/mol. The van der Waals surface area contributed by atoms with Crippen molar-refractivity contribution in [3.8, 4) is 0 Å². The lowest BCUT2D eigenvalue weighted by atomic mass is 9.92. The topological polar surface area (TPSA) is 58.2 Å². The van der Waals surface area contributed by atoms with Crippen LogP contribution in [0.3, 0.4) is 0 Å². The number of hydrogen-bond donors (Lipinski definition) is 2. The molecule has 0 saturated heterocycles. The summed E-state index contributed by atoms with van der Waals surface area (Å²) in [6.45, 7) is 8.09. The molecule has 0 radical (unpaired) electrons. The highest BCUT2D eigenvalue weighted by Gasteiger charge is 2.23. The maximum Gasteiger partial charge on any atom is 0.242 e. The van der Waals surface area contributed by atoms with Crippen LogP contribution in [0.5, 0.6) is 0 Å². The molecule has 1 unspecified atom stereocenters. The number of nitrogens with one attached hydrogen (secondary N) is 2. The first-order valence-electron chi connectivity index (χ1n) is 10.7. The largest absolute Gasteiger partial charge is 0.326 e. The fourth-order valence-corrected chi connectivity index (χ4v) is 4.37. The van der Waals surface area contributed by atoms with Crippen molar-refractivity contribution in [3.05, 3.63) is 90.0 Å². The number of carbonyl (C=O) groups excluding carboxylic acids is 2. The Bertz CT molecular complexity index is 1070. The van der Waals surface area contributed by atoms with Gasteiger partial charge in [-0.3, -0.25) is 9.59 Å². The minimum Gasteiger partial charge on any atom is -0.326 e. The van der Waals surface area contributed by atoms with E-state index < -0.39 is 5.25 Å². The van der Waals surface area contributed by atoms with Crippen LogP contribution >= 0.6 is 11.8 Å². The molecule has 0 aliphatic rings. The molecule has 4 nitrogen and oxygen atoms in total. The molecule has 166 valence electrons. The predicted molar refractivity (Wildman–Crippen MR) is 134 cm³/mol. The van der Waals surface area contributed by atoms with E-state index >= 15 is 0 Å². The third-order valence-corrected chi connectivity index (χ3v) is 6.05. The van der Waals surface area contributed by atoms with Gasteiger partial charge in [-0.15, -0.1) is 11.8 Å². The molecule has 2 amide bonds. The number of aryl methyl sites for hydroxylation is 1. The Morgan fingerprint density at radius 1 is 0.875 bits per heavy atom. The zero-order valence-corrected chi connectivity index (χ0v) is 19.8. The lowest BCUT2D eigenvalue weighted by Crippen LogP contribution is -2.20. The zero-order chi connectivity index (χ0) is 23.1. The van der Waals surface area contributed by atoms with Crippen molar-refractivity contribution in [2.24, 2.45) is 5.41 Å². The van der Waals surface area contributed by atoms with E-state index in [9.17, 15) is 9.59 Å². The number of rotatable bonds is 7. The van der Waals surface area contributed by atoms with Crippen molar-refractivity contribution >= 4 is 35.0 Å². The molecule has 0 aliphatic carbocycles. The third kappa shape index (κ3) is 6.99. The second kappa shape index (κ2) is 10.5. The van der Waals surface area contributed by atoms with Gasteiger partial charge in [0, 0.05) is 22.7 Å². The second-order valence-electron chi connectivity index (χ2n) is 9.03. The van der Waals surface area contributed by atoms with Gasteiger partial charge in [-0.05, 0) is 47.7 Å². The Hall–Kier alpha value is -3.05. The summed E-state index contributed by atoms with van der Waals surface area (Å²) in [5.41, 5.74) is 3.40. The number of benzene rings is 3. The first-order valence-corrected chi connectivity index (χ1v) is 11.6. The van der Waals surface area contributed by atoms with Crippen LogP contribution < -0.4 is 10.6 Å². The van der Waals surface area contributed by atoms with Gasteiger partial charge in [-0.1, -0.05) is 75.4 Å². The molecule has 1 atom stereocenters. The molecule has 3 aromatic rings. The minimum absolute atomic E-state index is 0.0171. The van der Waals surface area contributed by atoms with Gasteiger partial charge in [-0.25, -0.2) is 0 Å². The number of carbonyl (C=O) groups is 2. The molecule has 0 bridgehead atoms. The van der Waals surface area contributed by atoms with Gasteiger partial charge in [0.05, 0.1) is 0 Å². The molecule has 3 aromatic carbocycles. The summed E-state index contributed by atoms with van der Waals surface area (Å²) in [5.74, 6) is -0.103. The van der Waals surface area contributed by atoms with E-state index in [2.05, 4.69) is 10.6 Å². The zero-order valence-electron chi connectivity index (χ0n) is 19.0. The Morgan fingerprint density at radius 2 is 1.56 bits per heavy atom. The molecule has 32 heavy (non-hydrogen) atoms.